The Kier molecular flexibility index (Phi) is 3.84. The van der Waals surface area contributed by atoms with Crippen molar-refractivity contribution >= 4 is 22.7 Å². The first-order valence-corrected chi connectivity index (χ1v) is 7.78. The molecule has 0 bridgehead atoms. The van der Waals surface area contributed by atoms with Crippen molar-refractivity contribution in [1.29, 1.82) is 0 Å². The van der Waals surface area contributed by atoms with Gasteiger partial charge in [0, 0.05) is 17.9 Å². The lowest BCUT2D eigenvalue weighted by atomic mass is 10.1. The van der Waals surface area contributed by atoms with Crippen LogP contribution in [0.3, 0.4) is 0 Å². The smallest absolute Gasteiger partial charge is 0.0416 e. The molecule has 0 unspecified atom stereocenters. The fraction of sp³-hybridized carbons (Fsp3) is 0.111. The van der Waals surface area contributed by atoms with Crippen LogP contribution in [0.25, 0.3) is 11.1 Å². The van der Waals surface area contributed by atoms with E-state index in [1.54, 1.807) is 11.3 Å². The highest BCUT2D eigenvalue weighted by Gasteiger charge is 2.08. The molecule has 1 aromatic heterocycles. The molecule has 0 atom stereocenters. The second-order valence-corrected chi connectivity index (χ2v) is 5.42. The van der Waals surface area contributed by atoms with Gasteiger partial charge < -0.3 is 4.90 Å². The first-order valence-electron chi connectivity index (χ1n) is 6.83. The second-order valence-electron chi connectivity index (χ2n) is 4.64. The van der Waals surface area contributed by atoms with Crippen LogP contribution in [0.4, 0.5) is 11.4 Å². The fourth-order valence-electron chi connectivity index (χ4n) is 2.40. The minimum atomic E-state index is 0.955. The third-order valence-electron chi connectivity index (χ3n) is 3.40. The lowest BCUT2D eigenvalue weighted by molar-refractivity contribution is 1.02. The molecule has 0 aliphatic heterocycles. The lowest BCUT2D eigenvalue weighted by Gasteiger charge is -2.23. The Hall–Kier alpha value is -2.06. The van der Waals surface area contributed by atoms with Crippen LogP contribution in [-0.2, 0) is 0 Å². The molecular weight excluding hydrogens is 262 g/mol. The van der Waals surface area contributed by atoms with E-state index < -0.39 is 0 Å². The SMILES string of the molecule is CCN(c1ccccc1)c1cccc(-c2ccsc2)c1. The summed E-state index contributed by atoms with van der Waals surface area (Å²) >= 11 is 1.74. The Balaban J connectivity index is 1.99. The third kappa shape index (κ3) is 2.61. The molecule has 1 heterocycles. The first-order chi connectivity index (χ1) is 9.88. The topological polar surface area (TPSA) is 3.24 Å². The summed E-state index contributed by atoms with van der Waals surface area (Å²) in [6.45, 7) is 3.14. The molecule has 1 nitrogen and oxygen atoms in total. The average Bonchev–Trinajstić information content (AvgIpc) is 3.04. The summed E-state index contributed by atoms with van der Waals surface area (Å²) in [6.07, 6.45) is 0. The minimum Gasteiger partial charge on any atom is -0.342 e. The van der Waals surface area contributed by atoms with E-state index >= 15 is 0 Å². The molecule has 2 aromatic carbocycles. The van der Waals surface area contributed by atoms with Crippen molar-refractivity contribution in [1.82, 2.24) is 0 Å². The van der Waals surface area contributed by atoms with Crippen LogP contribution in [0.1, 0.15) is 6.92 Å². The maximum absolute atomic E-state index is 2.33. The molecule has 0 aliphatic carbocycles. The molecule has 100 valence electrons. The van der Waals surface area contributed by atoms with Crippen molar-refractivity contribution < 1.29 is 0 Å². The minimum absolute atomic E-state index is 0.955. The number of para-hydroxylation sites is 1. The number of hydrogen-bond donors (Lipinski definition) is 0. The average molecular weight is 279 g/mol. The normalized spacial score (nSPS) is 10.4. The molecule has 0 N–H and O–H groups in total. The Morgan fingerprint density at radius 3 is 2.35 bits per heavy atom. The summed E-state index contributed by atoms with van der Waals surface area (Å²) in [7, 11) is 0. The lowest BCUT2D eigenvalue weighted by Crippen LogP contribution is -2.15. The molecule has 0 aliphatic rings. The highest BCUT2D eigenvalue weighted by molar-refractivity contribution is 7.08. The summed E-state index contributed by atoms with van der Waals surface area (Å²) < 4.78 is 0. The van der Waals surface area contributed by atoms with Crippen LogP contribution >= 0.6 is 11.3 Å². The molecule has 2 heteroatoms. The molecule has 0 radical (unpaired) electrons. The van der Waals surface area contributed by atoms with E-state index in [9.17, 15) is 0 Å². The second kappa shape index (κ2) is 5.93. The van der Waals surface area contributed by atoms with Gasteiger partial charge in [0.25, 0.3) is 0 Å². The van der Waals surface area contributed by atoms with Crippen LogP contribution in [0.2, 0.25) is 0 Å². The van der Waals surface area contributed by atoms with Gasteiger partial charge in [-0.3, -0.25) is 0 Å². The molecule has 0 amide bonds. The number of thiophene rings is 1. The zero-order valence-corrected chi connectivity index (χ0v) is 12.3. The van der Waals surface area contributed by atoms with Crippen LogP contribution in [0, 0.1) is 0 Å². The summed E-state index contributed by atoms with van der Waals surface area (Å²) in [5.74, 6) is 0. The summed E-state index contributed by atoms with van der Waals surface area (Å²) in [6, 6.07) is 21.4. The Morgan fingerprint density at radius 2 is 1.65 bits per heavy atom. The van der Waals surface area contributed by atoms with Gasteiger partial charge in [0.1, 0.15) is 0 Å². The maximum atomic E-state index is 2.33. The number of hydrogen-bond acceptors (Lipinski definition) is 2. The van der Waals surface area contributed by atoms with Gasteiger partial charge in [-0.15, -0.1) is 0 Å². The summed E-state index contributed by atoms with van der Waals surface area (Å²) in [4.78, 5) is 2.33. The molecule has 0 saturated carbocycles. The Labute approximate surface area is 124 Å². The molecule has 3 aromatic rings. The van der Waals surface area contributed by atoms with Gasteiger partial charge in [-0.2, -0.15) is 11.3 Å². The van der Waals surface area contributed by atoms with Crippen LogP contribution < -0.4 is 4.90 Å². The fourth-order valence-corrected chi connectivity index (χ4v) is 3.07. The van der Waals surface area contributed by atoms with Gasteiger partial charge in [0.15, 0.2) is 0 Å². The van der Waals surface area contributed by atoms with Crippen molar-refractivity contribution in [2.45, 2.75) is 6.92 Å². The van der Waals surface area contributed by atoms with Gasteiger partial charge in [0.2, 0.25) is 0 Å². The highest BCUT2D eigenvalue weighted by atomic mass is 32.1. The van der Waals surface area contributed by atoms with E-state index in [4.69, 9.17) is 0 Å². The summed E-state index contributed by atoms with van der Waals surface area (Å²) in [5, 5.41) is 4.31. The molecular formula is C18H17NS. The standard InChI is InChI=1S/C18H17NS/c1-2-19(17-8-4-3-5-9-17)18-10-6-7-15(13-18)16-11-12-20-14-16/h3-14H,2H2,1H3. The monoisotopic (exact) mass is 279 g/mol. The number of rotatable bonds is 4. The van der Waals surface area contributed by atoms with E-state index in [2.05, 4.69) is 83.2 Å². The van der Waals surface area contributed by atoms with Crippen molar-refractivity contribution in [3.63, 3.8) is 0 Å². The molecule has 20 heavy (non-hydrogen) atoms. The number of anilines is 2. The van der Waals surface area contributed by atoms with Crippen molar-refractivity contribution in [3.05, 3.63) is 71.4 Å². The maximum Gasteiger partial charge on any atom is 0.0416 e. The van der Waals surface area contributed by atoms with E-state index in [-0.39, 0.29) is 0 Å². The Morgan fingerprint density at radius 1 is 0.850 bits per heavy atom. The Bertz CT molecular complexity index is 659. The first kappa shape index (κ1) is 12.9. The van der Waals surface area contributed by atoms with Gasteiger partial charge >= 0.3 is 0 Å². The van der Waals surface area contributed by atoms with Crippen molar-refractivity contribution in [3.8, 4) is 11.1 Å². The van der Waals surface area contributed by atoms with Crippen molar-refractivity contribution in [2.75, 3.05) is 11.4 Å². The third-order valence-corrected chi connectivity index (χ3v) is 4.08. The number of benzene rings is 2. The van der Waals surface area contributed by atoms with Crippen LogP contribution in [0.5, 0.6) is 0 Å². The molecule has 0 fully saturated rings. The van der Waals surface area contributed by atoms with Crippen LogP contribution in [-0.4, -0.2) is 6.54 Å². The van der Waals surface area contributed by atoms with Crippen molar-refractivity contribution in [2.24, 2.45) is 0 Å². The van der Waals surface area contributed by atoms with E-state index in [1.807, 2.05) is 0 Å². The van der Waals surface area contributed by atoms with Gasteiger partial charge in [0.05, 0.1) is 0 Å². The summed E-state index contributed by atoms with van der Waals surface area (Å²) in [5.41, 5.74) is 5.04. The molecule has 0 spiro atoms. The quantitative estimate of drug-likeness (QED) is 0.603. The van der Waals surface area contributed by atoms with Gasteiger partial charge in [-0.1, -0.05) is 30.3 Å². The number of nitrogens with zero attached hydrogens (tertiary/aromatic N) is 1. The predicted molar refractivity (Wildman–Crippen MR) is 88.9 cm³/mol. The molecule has 0 saturated heterocycles. The highest BCUT2D eigenvalue weighted by Crippen LogP contribution is 2.30. The van der Waals surface area contributed by atoms with Gasteiger partial charge in [-0.05, 0) is 59.1 Å². The van der Waals surface area contributed by atoms with Crippen LogP contribution in [0.15, 0.2) is 71.4 Å². The largest absolute Gasteiger partial charge is 0.342 e. The molecule has 3 rings (SSSR count). The van der Waals surface area contributed by atoms with E-state index in [1.165, 1.54) is 22.5 Å². The zero-order chi connectivity index (χ0) is 13.8. The van der Waals surface area contributed by atoms with E-state index in [0.717, 1.165) is 6.54 Å². The van der Waals surface area contributed by atoms with E-state index in [0.29, 0.717) is 0 Å². The predicted octanol–water partition coefficient (Wildman–Crippen LogP) is 5.57. The zero-order valence-electron chi connectivity index (χ0n) is 11.5. The van der Waals surface area contributed by atoms with Gasteiger partial charge in [-0.25, -0.2) is 0 Å².